The highest BCUT2D eigenvalue weighted by Gasteiger charge is 2.28. The predicted octanol–water partition coefficient (Wildman–Crippen LogP) is 3.82. The fourth-order valence-corrected chi connectivity index (χ4v) is 2.58. The van der Waals surface area contributed by atoms with Gasteiger partial charge in [-0.15, -0.1) is 0 Å². The quantitative estimate of drug-likeness (QED) is 0.566. The van der Waals surface area contributed by atoms with Crippen LogP contribution >= 0.6 is 0 Å². The average Bonchev–Trinajstić information content (AvgIpc) is 1.86. The molecule has 0 heteroatoms. The molecule has 2 atom stereocenters. The molecule has 1 saturated carbocycles. The van der Waals surface area contributed by atoms with Crippen molar-refractivity contribution in [3.63, 3.8) is 0 Å². The van der Waals surface area contributed by atoms with Gasteiger partial charge >= 0.3 is 0 Å². The Kier molecular flexibility index (Phi) is 2.98. The fourth-order valence-electron chi connectivity index (χ4n) is 2.58. The fraction of sp³-hybridized carbons (Fsp3) is 0.909. The van der Waals surface area contributed by atoms with E-state index in [1.807, 2.05) is 0 Å². The standard InChI is InChI=1S/C11H21/c1-4-7-11(3)8-5-6-10(2)9-11/h10H,1,4-9H2,2-3H3. The molecule has 0 saturated heterocycles. The van der Waals surface area contributed by atoms with Crippen LogP contribution in [0.25, 0.3) is 0 Å². The molecule has 1 fully saturated rings. The van der Waals surface area contributed by atoms with Gasteiger partial charge in [-0.05, 0) is 30.6 Å². The van der Waals surface area contributed by atoms with Gasteiger partial charge < -0.3 is 0 Å². The third-order valence-corrected chi connectivity index (χ3v) is 3.10. The average molecular weight is 153 g/mol. The maximum atomic E-state index is 3.95. The zero-order chi connectivity index (χ0) is 8.32. The van der Waals surface area contributed by atoms with E-state index >= 15 is 0 Å². The molecule has 65 valence electrons. The Morgan fingerprint density at radius 1 is 1.55 bits per heavy atom. The van der Waals surface area contributed by atoms with Crippen LogP contribution in [-0.2, 0) is 0 Å². The minimum Gasteiger partial charge on any atom is -0.0625 e. The van der Waals surface area contributed by atoms with Crippen LogP contribution < -0.4 is 0 Å². The van der Waals surface area contributed by atoms with Crippen molar-refractivity contribution in [2.24, 2.45) is 11.3 Å². The SMILES string of the molecule is [CH2]CCC1(C)CCCC(C)C1. The van der Waals surface area contributed by atoms with Crippen LogP contribution in [0.5, 0.6) is 0 Å². The topological polar surface area (TPSA) is 0 Å². The summed E-state index contributed by atoms with van der Waals surface area (Å²) in [6, 6.07) is 0. The molecule has 11 heavy (non-hydrogen) atoms. The summed E-state index contributed by atoms with van der Waals surface area (Å²) in [6.07, 6.45) is 8.21. The van der Waals surface area contributed by atoms with Crippen LogP contribution in [0.2, 0.25) is 0 Å². The van der Waals surface area contributed by atoms with Crippen LogP contribution in [0.1, 0.15) is 52.4 Å². The van der Waals surface area contributed by atoms with Crippen molar-refractivity contribution in [3.8, 4) is 0 Å². The molecule has 0 aromatic carbocycles. The number of rotatable bonds is 2. The van der Waals surface area contributed by atoms with E-state index in [-0.39, 0.29) is 0 Å². The molecule has 1 rings (SSSR count). The Balaban J connectivity index is 2.41. The Labute approximate surface area is 71.4 Å². The third-order valence-electron chi connectivity index (χ3n) is 3.10. The van der Waals surface area contributed by atoms with Crippen molar-refractivity contribution >= 4 is 0 Å². The largest absolute Gasteiger partial charge is 0.0625 e. The normalized spacial score (nSPS) is 39.0. The molecular weight excluding hydrogens is 132 g/mol. The Morgan fingerprint density at radius 2 is 2.27 bits per heavy atom. The molecule has 0 nitrogen and oxygen atoms in total. The van der Waals surface area contributed by atoms with Gasteiger partial charge in [0.15, 0.2) is 0 Å². The highest BCUT2D eigenvalue weighted by Crippen LogP contribution is 2.41. The lowest BCUT2D eigenvalue weighted by Gasteiger charge is -2.36. The number of hydrogen-bond acceptors (Lipinski definition) is 0. The van der Waals surface area contributed by atoms with Gasteiger partial charge in [0, 0.05) is 0 Å². The van der Waals surface area contributed by atoms with E-state index in [9.17, 15) is 0 Å². The van der Waals surface area contributed by atoms with Crippen molar-refractivity contribution in [2.45, 2.75) is 52.4 Å². The second-order valence-corrected chi connectivity index (χ2v) is 4.62. The maximum absolute atomic E-state index is 3.95. The summed E-state index contributed by atoms with van der Waals surface area (Å²) in [6.45, 7) is 8.78. The van der Waals surface area contributed by atoms with Crippen molar-refractivity contribution in [2.75, 3.05) is 0 Å². The van der Waals surface area contributed by atoms with Gasteiger partial charge in [-0.1, -0.05) is 40.0 Å². The molecule has 0 aromatic heterocycles. The van der Waals surface area contributed by atoms with Crippen LogP contribution in [0.15, 0.2) is 0 Å². The summed E-state index contributed by atoms with van der Waals surface area (Å²) in [4.78, 5) is 0. The molecular formula is C11H21. The second-order valence-electron chi connectivity index (χ2n) is 4.62. The molecule has 1 aliphatic rings. The minimum absolute atomic E-state index is 0.638. The van der Waals surface area contributed by atoms with Crippen LogP contribution in [0, 0.1) is 18.3 Å². The molecule has 2 unspecified atom stereocenters. The molecule has 0 aliphatic heterocycles. The second kappa shape index (κ2) is 3.60. The summed E-state index contributed by atoms with van der Waals surface area (Å²) in [5.74, 6) is 0.959. The van der Waals surface area contributed by atoms with Crippen LogP contribution in [0.4, 0.5) is 0 Å². The highest BCUT2D eigenvalue weighted by atomic mass is 14.3. The highest BCUT2D eigenvalue weighted by molar-refractivity contribution is 4.81. The molecule has 1 radical (unpaired) electrons. The van der Waals surface area contributed by atoms with Crippen molar-refractivity contribution < 1.29 is 0 Å². The van der Waals surface area contributed by atoms with Gasteiger partial charge in [0.2, 0.25) is 0 Å². The van der Waals surface area contributed by atoms with Crippen molar-refractivity contribution in [3.05, 3.63) is 6.92 Å². The van der Waals surface area contributed by atoms with E-state index in [1.54, 1.807) is 0 Å². The van der Waals surface area contributed by atoms with Crippen LogP contribution in [0.3, 0.4) is 0 Å². The predicted molar refractivity (Wildman–Crippen MR) is 50.3 cm³/mol. The molecule has 0 amide bonds. The van der Waals surface area contributed by atoms with Gasteiger partial charge in [0.1, 0.15) is 0 Å². The van der Waals surface area contributed by atoms with E-state index in [0.717, 1.165) is 12.3 Å². The first kappa shape index (κ1) is 9.09. The van der Waals surface area contributed by atoms with Crippen molar-refractivity contribution in [1.29, 1.82) is 0 Å². The van der Waals surface area contributed by atoms with E-state index in [2.05, 4.69) is 20.8 Å². The molecule has 0 spiro atoms. The zero-order valence-corrected chi connectivity index (χ0v) is 8.03. The van der Waals surface area contributed by atoms with Crippen LogP contribution in [-0.4, -0.2) is 0 Å². The first-order valence-electron chi connectivity index (χ1n) is 4.95. The Morgan fingerprint density at radius 3 is 2.82 bits per heavy atom. The summed E-state index contributed by atoms with van der Waals surface area (Å²) >= 11 is 0. The first-order chi connectivity index (χ1) is 5.16. The van der Waals surface area contributed by atoms with E-state index in [1.165, 1.54) is 32.1 Å². The summed E-state index contributed by atoms with van der Waals surface area (Å²) in [7, 11) is 0. The minimum atomic E-state index is 0.638. The van der Waals surface area contributed by atoms with E-state index in [0.29, 0.717) is 5.41 Å². The zero-order valence-electron chi connectivity index (χ0n) is 8.03. The summed E-state index contributed by atoms with van der Waals surface area (Å²) < 4.78 is 0. The van der Waals surface area contributed by atoms with Gasteiger partial charge in [-0.3, -0.25) is 0 Å². The van der Waals surface area contributed by atoms with Gasteiger partial charge in [0.05, 0.1) is 0 Å². The van der Waals surface area contributed by atoms with Gasteiger partial charge in [0.25, 0.3) is 0 Å². The summed E-state index contributed by atoms with van der Waals surface area (Å²) in [5, 5.41) is 0. The molecule has 0 bridgehead atoms. The summed E-state index contributed by atoms with van der Waals surface area (Å²) in [5.41, 5.74) is 0.638. The number of hydrogen-bond donors (Lipinski definition) is 0. The lowest BCUT2D eigenvalue weighted by molar-refractivity contribution is 0.156. The Hall–Kier alpha value is 0. The van der Waals surface area contributed by atoms with E-state index in [4.69, 9.17) is 0 Å². The lowest BCUT2D eigenvalue weighted by atomic mass is 9.69. The lowest BCUT2D eigenvalue weighted by Crippen LogP contribution is -2.24. The molecule has 0 N–H and O–H groups in total. The Bertz CT molecular complexity index is 113. The first-order valence-corrected chi connectivity index (χ1v) is 4.95. The third kappa shape index (κ3) is 2.50. The smallest absolute Gasteiger partial charge is 0.0323 e. The van der Waals surface area contributed by atoms with E-state index < -0.39 is 0 Å². The monoisotopic (exact) mass is 153 g/mol. The van der Waals surface area contributed by atoms with Gasteiger partial charge in [-0.2, -0.15) is 0 Å². The maximum Gasteiger partial charge on any atom is -0.0323 e. The van der Waals surface area contributed by atoms with Gasteiger partial charge in [-0.25, -0.2) is 0 Å². The van der Waals surface area contributed by atoms with Crippen molar-refractivity contribution in [1.82, 2.24) is 0 Å². The molecule has 1 aliphatic carbocycles. The molecule has 0 aromatic rings. The molecule has 0 heterocycles.